The first-order chi connectivity index (χ1) is 9.34. The predicted octanol–water partition coefficient (Wildman–Crippen LogP) is 2.31. The van der Waals surface area contributed by atoms with Gasteiger partial charge in [-0.3, -0.25) is 4.79 Å². The first-order valence-electron chi connectivity index (χ1n) is 7.35. The Kier molecular flexibility index (Phi) is 3.67. The molecule has 3 heterocycles. The number of carbonyl (C=O) groups excluding carboxylic acids is 1. The Morgan fingerprint density at radius 2 is 1.63 bits per heavy atom. The smallest absolute Gasteiger partial charge is 0.272 e. The average Bonchev–Trinajstić information content (AvgIpc) is 3.02. The molecule has 0 aliphatic carbocycles. The Hall–Kier alpha value is -1.58. The Balaban J connectivity index is 1.69. The quantitative estimate of drug-likeness (QED) is 0.817. The lowest BCUT2D eigenvalue weighted by atomic mass is 10.1. The van der Waals surface area contributed by atoms with Crippen LogP contribution in [-0.2, 0) is 0 Å². The average molecular weight is 259 g/mol. The van der Waals surface area contributed by atoms with Crippen molar-refractivity contribution in [3.63, 3.8) is 0 Å². The summed E-state index contributed by atoms with van der Waals surface area (Å²) < 4.78 is 0. The molecule has 4 heteroatoms. The molecular formula is C15H21N3O. The third-order valence-electron chi connectivity index (χ3n) is 4.08. The molecule has 0 atom stereocenters. The zero-order valence-corrected chi connectivity index (χ0v) is 11.3. The van der Waals surface area contributed by atoms with Crippen molar-refractivity contribution < 1.29 is 4.79 Å². The monoisotopic (exact) mass is 259 g/mol. The maximum absolute atomic E-state index is 12.3. The van der Waals surface area contributed by atoms with Crippen LogP contribution in [0.15, 0.2) is 18.3 Å². The van der Waals surface area contributed by atoms with Gasteiger partial charge in [-0.1, -0.05) is 0 Å². The van der Waals surface area contributed by atoms with Gasteiger partial charge in [0.25, 0.3) is 5.91 Å². The number of carbonyl (C=O) groups is 1. The van der Waals surface area contributed by atoms with Crippen LogP contribution < -0.4 is 4.90 Å². The maximum atomic E-state index is 12.3. The summed E-state index contributed by atoms with van der Waals surface area (Å²) in [6, 6.07) is 3.92. The number of anilines is 1. The fourth-order valence-corrected chi connectivity index (χ4v) is 2.93. The van der Waals surface area contributed by atoms with E-state index in [1.165, 1.54) is 19.3 Å². The topological polar surface area (TPSA) is 36.4 Å². The molecule has 1 aromatic rings. The Morgan fingerprint density at radius 3 is 2.26 bits per heavy atom. The molecule has 1 aromatic heterocycles. The third-order valence-corrected chi connectivity index (χ3v) is 4.08. The highest BCUT2D eigenvalue weighted by Gasteiger charge is 2.19. The normalized spacial score (nSPS) is 19.8. The number of aromatic nitrogens is 1. The SMILES string of the molecule is O=C(c1ccc(N2CCCC2)cn1)N1CCCCC1. The Bertz CT molecular complexity index is 431. The van der Waals surface area contributed by atoms with Gasteiger partial charge in [0.1, 0.15) is 5.69 Å². The van der Waals surface area contributed by atoms with Crippen LogP contribution in [0.25, 0.3) is 0 Å². The number of hydrogen-bond donors (Lipinski definition) is 0. The van der Waals surface area contributed by atoms with Crippen LogP contribution in [0.2, 0.25) is 0 Å². The van der Waals surface area contributed by atoms with Crippen LogP contribution >= 0.6 is 0 Å². The number of rotatable bonds is 2. The highest BCUT2D eigenvalue weighted by atomic mass is 16.2. The first kappa shape index (κ1) is 12.5. The lowest BCUT2D eigenvalue weighted by molar-refractivity contribution is 0.0718. The fraction of sp³-hybridized carbons (Fsp3) is 0.600. The van der Waals surface area contributed by atoms with Crippen molar-refractivity contribution in [2.75, 3.05) is 31.1 Å². The van der Waals surface area contributed by atoms with E-state index in [2.05, 4.69) is 9.88 Å². The molecule has 0 saturated carbocycles. The number of pyridine rings is 1. The van der Waals surface area contributed by atoms with Gasteiger partial charge < -0.3 is 9.80 Å². The highest BCUT2D eigenvalue weighted by molar-refractivity contribution is 5.92. The molecule has 0 unspecified atom stereocenters. The first-order valence-corrected chi connectivity index (χ1v) is 7.35. The number of hydrogen-bond acceptors (Lipinski definition) is 3. The minimum Gasteiger partial charge on any atom is -0.370 e. The predicted molar refractivity (Wildman–Crippen MR) is 75.4 cm³/mol. The summed E-state index contributed by atoms with van der Waals surface area (Å²) in [5.74, 6) is 0.0904. The standard InChI is InChI=1S/C15H21N3O/c19-15(18-10-2-1-3-11-18)14-7-6-13(12-16-14)17-8-4-5-9-17/h6-7,12H,1-5,8-11H2. The summed E-state index contributed by atoms with van der Waals surface area (Å²) >= 11 is 0. The number of amides is 1. The van der Waals surface area contributed by atoms with Gasteiger partial charge in [-0.2, -0.15) is 0 Å². The summed E-state index contributed by atoms with van der Waals surface area (Å²) in [4.78, 5) is 20.9. The zero-order chi connectivity index (χ0) is 13.1. The summed E-state index contributed by atoms with van der Waals surface area (Å²) in [6.45, 7) is 3.99. The lowest BCUT2D eigenvalue weighted by Gasteiger charge is -2.26. The van der Waals surface area contributed by atoms with E-state index in [1.807, 2.05) is 23.2 Å². The van der Waals surface area contributed by atoms with Gasteiger partial charge >= 0.3 is 0 Å². The van der Waals surface area contributed by atoms with Crippen molar-refractivity contribution in [2.24, 2.45) is 0 Å². The van der Waals surface area contributed by atoms with Gasteiger partial charge in [-0.15, -0.1) is 0 Å². The van der Waals surface area contributed by atoms with E-state index in [4.69, 9.17) is 0 Å². The summed E-state index contributed by atoms with van der Waals surface area (Å²) in [5, 5.41) is 0. The van der Waals surface area contributed by atoms with E-state index in [-0.39, 0.29) is 5.91 Å². The number of nitrogens with zero attached hydrogens (tertiary/aromatic N) is 3. The second-order valence-corrected chi connectivity index (χ2v) is 5.45. The number of likely N-dealkylation sites (tertiary alicyclic amines) is 1. The van der Waals surface area contributed by atoms with Crippen molar-refractivity contribution in [2.45, 2.75) is 32.1 Å². The molecular weight excluding hydrogens is 238 g/mol. The molecule has 3 rings (SSSR count). The lowest BCUT2D eigenvalue weighted by Crippen LogP contribution is -2.36. The van der Waals surface area contributed by atoms with E-state index >= 15 is 0 Å². The van der Waals surface area contributed by atoms with Crippen LogP contribution in [0.1, 0.15) is 42.6 Å². The van der Waals surface area contributed by atoms with Gasteiger partial charge in [0.2, 0.25) is 0 Å². The molecule has 0 radical (unpaired) electrons. The molecule has 2 aliphatic rings. The summed E-state index contributed by atoms with van der Waals surface area (Å²) in [5.41, 5.74) is 1.73. The van der Waals surface area contributed by atoms with Crippen LogP contribution in [0.3, 0.4) is 0 Å². The molecule has 2 saturated heterocycles. The summed E-state index contributed by atoms with van der Waals surface area (Å²) in [6.07, 6.45) is 7.85. The second-order valence-electron chi connectivity index (χ2n) is 5.45. The van der Waals surface area contributed by atoms with Crippen LogP contribution in [-0.4, -0.2) is 42.0 Å². The zero-order valence-electron chi connectivity index (χ0n) is 11.3. The van der Waals surface area contributed by atoms with E-state index in [0.717, 1.165) is 44.7 Å². The molecule has 2 aliphatic heterocycles. The van der Waals surface area contributed by atoms with Crippen molar-refractivity contribution in [3.8, 4) is 0 Å². The van der Waals surface area contributed by atoms with Gasteiger partial charge in [-0.05, 0) is 44.2 Å². The van der Waals surface area contributed by atoms with E-state index in [0.29, 0.717) is 5.69 Å². The molecule has 2 fully saturated rings. The van der Waals surface area contributed by atoms with E-state index < -0.39 is 0 Å². The molecule has 0 bridgehead atoms. The van der Waals surface area contributed by atoms with Gasteiger partial charge in [0.05, 0.1) is 11.9 Å². The van der Waals surface area contributed by atoms with Crippen molar-refractivity contribution in [3.05, 3.63) is 24.0 Å². The minimum absolute atomic E-state index is 0.0904. The van der Waals surface area contributed by atoms with Gasteiger partial charge in [0, 0.05) is 26.2 Å². The van der Waals surface area contributed by atoms with Crippen LogP contribution in [0, 0.1) is 0 Å². The van der Waals surface area contributed by atoms with Crippen molar-refractivity contribution >= 4 is 11.6 Å². The Labute approximate surface area is 114 Å². The number of piperidine rings is 1. The second kappa shape index (κ2) is 5.59. The van der Waals surface area contributed by atoms with E-state index in [1.54, 1.807) is 0 Å². The molecule has 0 aromatic carbocycles. The molecule has 0 spiro atoms. The van der Waals surface area contributed by atoms with Gasteiger partial charge in [-0.25, -0.2) is 4.98 Å². The van der Waals surface area contributed by atoms with Crippen LogP contribution in [0.5, 0.6) is 0 Å². The van der Waals surface area contributed by atoms with Crippen molar-refractivity contribution in [1.82, 2.24) is 9.88 Å². The third kappa shape index (κ3) is 2.72. The molecule has 1 amide bonds. The van der Waals surface area contributed by atoms with Crippen LogP contribution in [0.4, 0.5) is 5.69 Å². The molecule has 102 valence electrons. The molecule has 0 N–H and O–H groups in total. The van der Waals surface area contributed by atoms with Gasteiger partial charge in [0.15, 0.2) is 0 Å². The maximum Gasteiger partial charge on any atom is 0.272 e. The molecule has 19 heavy (non-hydrogen) atoms. The summed E-state index contributed by atoms with van der Waals surface area (Å²) in [7, 11) is 0. The fourth-order valence-electron chi connectivity index (χ4n) is 2.93. The Morgan fingerprint density at radius 1 is 0.947 bits per heavy atom. The van der Waals surface area contributed by atoms with Crippen molar-refractivity contribution in [1.29, 1.82) is 0 Å². The van der Waals surface area contributed by atoms with E-state index in [9.17, 15) is 4.79 Å². The minimum atomic E-state index is 0.0904. The molecule has 4 nitrogen and oxygen atoms in total. The largest absolute Gasteiger partial charge is 0.370 e. The highest BCUT2D eigenvalue weighted by Crippen LogP contribution is 2.20.